The molecule has 2 aliphatic rings. The Labute approximate surface area is 234 Å². The van der Waals surface area contributed by atoms with Crippen LogP contribution in [-0.4, -0.2) is 42.8 Å². The number of pyridine rings is 1. The van der Waals surface area contributed by atoms with Gasteiger partial charge in [-0.25, -0.2) is 8.42 Å². The van der Waals surface area contributed by atoms with Crippen molar-refractivity contribution in [3.8, 4) is 17.9 Å². The number of nitrogens with zero attached hydrogens (tertiary/aromatic N) is 5. The molecule has 0 aliphatic carbocycles. The molecule has 1 amide bonds. The third-order valence-corrected chi connectivity index (χ3v) is 9.20. The van der Waals surface area contributed by atoms with Crippen molar-refractivity contribution in [2.75, 3.05) is 18.1 Å². The number of halogens is 1. The van der Waals surface area contributed by atoms with E-state index in [9.17, 15) is 23.7 Å². The maximum absolute atomic E-state index is 13.8. The molecule has 5 rings (SSSR count). The minimum atomic E-state index is -3.96. The second-order valence-electron chi connectivity index (χ2n) is 9.08. The molecule has 2 aromatic carbocycles. The number of rotatable bonds is 7. The number of hydrogen-bond acceptors (Lipinski definition) is 7. The van der Waals surface area contributed by atoms with Gasteiger partial charge in [0.2, 0.25) is 10.0 Å². The lowest BCUT2D eigenvalue weighted by atomic mass is 10.0. The first-order valence-electron chi connectivity index (χ1n) is 12.1. The Bertz CT molecular complexity index is 1630. The fourth-order valence-corrected chi connectivity index (χ4v) is 6.80. The number of ether oxygens (including phenoxy) is 1. The van der Waals surface area contributed by atoms with Crippen LogP contribution in [0, 0.1) is 22.7 Å². The van der Waals surface area contributed by atoms with Gasteiger partial charge in [-0.3, -0.25) is 9.78 Å². The highest BCUT2D eigenvalue weighted by atomic mass is 79.9. The third kappa shape index (κ3) is 5.17. The number of hydrogen-bond donors (Lipinski definition) is 0. The number of nitriles is 2. The van der Waals surface area contributed by atoms with Crippen LogP contribution in [0.15, 0.2) is 81.9 Å². The van der Waals surface area contributed by atoms with Gasteiger partial charge in [-0.1, -0.05) is 28.1 Å². The summed E-state index contributed by atoms with van der Waals surface area (Å²) in [6, 6.07) is 18.6. The summed E-state index contributed by atoms with van der Waals surface area (Å²) in [5.74, 6) is 0.0310. The minimum Gasteiger partial charge on any atom is -0.490 e. The summed E-state index contributed by atoms with van der Waals surface area (Å²) in [6.07, 6.45) is 4.52. The molecule has 3 aromatic rings. The fourth-order valence-electron chi connectivity index (χ4n) is 4.83. The second-order valence-corrected chi connectivity index (χ2v) is 11.9. The predicted molar refractivity (Wildman–Crippen MR) is 147 cm³/mol. The molecule has 0 spiro atoms. The molecule has 0 N–H and O–H groups in total. The summed E-state index contributed by atoms with van der Waals surface area (Å²) in [5.41, 5.74) is 1.07. The van der Waals surface area contributed by atoms with Crippen LogP contribution in [0.3, 0.4) is 0 Å². The van der Waals surface area contributed by atoms with E-state index in [0.29, 0.717) is 30.8 Å². The first-order valence-corrected chi connectivity index (χ1v) is 14.4. The van der Waals surface area contributed by atoms with Gasteiger partial charge in [0.05, 0.1) is 34.9 Å². The molecule has 1 saturated heterocycles. The second kappa shape index (κ2) is 11.0. The van der Waals surface area contributed by atoms with Crippen molar-refractivity contribution in [2.24, 2.45) is 0 Å². The third-order valence-electron chi connectivity index (χ3n) is 6.72. The Kier molecular flexibility index (Phi) is 7.49. The van der Waals surface area contributed by atoms with Gasteiger partial charge in [0.25, 0.3) is 5.91 Å². The van der Waals surface area contributed by atoms with Gasteiger partial charge in [0, 0.05) is 22.8 Å². The van der Waals surface area contributed by atoms with Crippen LogP contribution in [0.1, 0.15) is 24.0 Å². The molecular weight excluding hydrogens is 582 g/mol. The number of allylic oxidation sites excluding steroid dienone is 1. The Morgan fingerprint density at radius 1 is 1.13 bits per heavy atom. The molecule has 0 radical (unpaired) electrons. The van der Waals surface area contributed by atoms with Crippen LogP contribution >= 0.6 is 15.9 Å². The Morgan fingerprint density at radius 3 is 2.59 bits per heavy atom. The molecular formula is C28H22BrN5O4S. The number of benzene rings is 2. The van der Waals surface area contributed by atoms with E-state index in [2.05, 4.69) is 20.9 Å². The van der Waals surface area contributed by atoms with Crippen LogP contribution in [0.2, 0.25) is 0 Å². The highest BCUT2D eigenvalue weighted by Crippen LogP contribution is 2.41. The summed E-state index contributed by atoms with van der Waals surface area (Å²) in [4.78, 5) is 18.9. The van der Waals surface area contributed by atoms with Crippen LogP contribution in [0.4, 0.5) is 5.69 Å². The number of anilines is 1. The average molecular weight is 604 g/mol. The van der Waals surface area contributed by atoms with Crippen molar-refractivity contribution < 1.29 is 17.9 Å². The lowest BCUT2D eigenvalue weighted by Gasteiger charge is -2.24. The van der Waals surface area contributed by atoms with Crippen LogP contribution in [-0.2, 0) is 21.4 Å². The normalized spacial score (nSPS) is 17.0. The topological polar surface area (TPSA) is 127 Å². The number of carbonyl (C=O) groups is 1. The molecule has 1 fully saturated rings. The van der Waals surface area contributed by atoms with E-state index in [-0.39, 0.29) is 40.8 Å². The van der Waals surface area contributed by atoms with E-state index in [1.807, 2.05) is 24.3 Å². The van der Waals surface area contributed by atoms with E-state index >= 15 is 0 Å². The van der Waals surface area contributed by atoms with Gasteiger partial charge in [-0.2, -0.15) is 14.8 Å². The summed E-state index contributed by atoms with van der Waals surface area (Å²) in [6.45, 7) is 0.700. The smallest absolute Gasteiger partial charge is 0.261 e. The molecule has 9 nitrogen and oxygen atoms in total. The van der Waals surface area contributed by atoms with Gasteiger partial charge in [0.15, 0.2) is 0 Å². The largest absolute Gasteiger partial charge is 0.490 e. The molecule has 39 heavy (non-hydrogen) atoms. The lowest BCUT2D eigenvalue weighted by Crippen LogP contribution is -2.39. The summed E-state index contributed by atoms with van der Waals surface area (Å²) >= 11 is 3.39. The molecule has 3 heterocycles. The minimum absolute atomic E-state index is 0.0134. The molecule has 196 valence electrons. The van der Waals surface area contributed by atoms with Gasteiger partial charge in [-0.05, 0) is 60.9 Å². The summed E-state index contributed by atoms with van der Waals surface area (Å²) in [7, 11) is -3.96. The number of sulfonamides is 1. The zero-order valence-corrected chi connectivity index (χ0v) is 23.0. The number of carbonyl (C=O) groups excluding carboxylic acids is 1. The maximum Gasteiger partial charge on any atom is 0.261 e. The van der Waals surface area contributed by atoms with E-state index in [4.69, 9.17) is 4.74 Å². The number of aromatic nitrogens is 1. The molecule has 11 heteroatoms. The van der Waals surface area contributed by atoms with Crippen molar-refractivity contribution in [2.45, 2.75) is 30.3 Å². The first kappa shape index (κ1) is 26.6. The van der Waals surface area contributed by atoms with Gasteiger partial charge >= 0.3 is 0 Å². The quantitative estimate of drug-likeness (QED) is 0.289. The molecule has 1 atom stereocenters. The zero-order chi connectivity index (χ0) is 27.6. The maximum atomic E-state index is 13.8. The molecule has 0 saturated carbocycles. The zero-order valence-electron chi connectivity index (χ0n) is 20.6. The van der Waals surface area contributed by atoms with Gasteiger partial charge in [-0.15, -0.1) is 0 Å². The number of fused-ring (bicyclic) bond motifs is 1. The lowest BCUT2D eigenvalue weighted by molar-refractivity contribution is -0.113. The highest BCUT2D eigenvalue weighted by molar-refractivity contribution is 9.10. The average Bonchev–Trinajstić information content (AvgIpc) is 3.53. The predicted octanol–water partition coefficient (Wildman–Crippen LogP) is 4.42. The highest BCUT2D eigenvalue weighted by Gasteiger charge is 2.39. The van der Waals surface area contributed by atoms with Crippen LogP contribution in [0.5, 0.6) is 5.75 Å². The first-order chi connectivity index (χ1) is 18.8. The molecule has 2 aliphatic heterocycles. The Balaban J connectivity index is 1.49. The summed E-state index contributed by atoms with van der Waals surface area (Å²) < 4.78 is 35.6. The number of amides is 1. The van der Waals surface area contributed by atoms with E-state index in [1.165, 1.54) is 21.3 Å². The van der Waals surface area contributed by atoms with Crippen molar-refractivity contribution in [3.63, 3.8) is 0 Å². The Morgan fingerprint density at radius 2 is 1.90 bits per heavy atom. The van der Waals surface area contributed by atoms with Gasteiger partial charge in [0.1, 0.15) is 30.1 Å². The van der Waals surface area contributed by atoms with Gasteiger partial charge < -0.3 is 9.64 Å². The fraction of sp³-hybridized carbons (Fsp3) is 0.214. The monoisotopic (exact) mass is 603 g/mol. The van der Waals surface area contributed by atoms with E-state index in [1.54, 1.807) is 42.7 Å². The van der Waals surface area contributed by atoms with Crippen molar-refractivity contribution in [1.82, 2.24) is 9.29 Å². The van der Waals surface area contributed by atoms with Crippen molar-refractivity contribution >= 4 is 43.1 Å². The van der Waals surface area contributed by atoms with Crippen LogP contribution in [0.25, 0.3) is 5.57 Å². The van der Waals surface area contributed by atoms with Crippen LogP contribution < -0.4 is 9.64 Å². The Hall–Kier alpha value is -4.03. The SMILES string of the molecule is N#CC(C#N)=C1C(=O)N(Cc2ccc(Br)cc2)c2ccc(S(=O)(=O)N3CCCC3COc3cccnc3)cc21. The standard InChI is InChI=1S/C28H22BrN5O4S/c29-21-7-5-19(6-8-21)17-33-26-10-9-24(13-25(26)27(28(33)35)20(14-30)15-31)39(36,37)34-12-2-3-22(34)18-38-23-4-1-11-32-16-23/h1,4-11,13,16,22H,2-3,12,17-18H2. The summed E-state index contributed by atoms with van der Waals surface area (Å²) in [5, 5.41) is 19.1. The van der Waals surface area contributed by atoms with E-state index in [0.717, 1.165) is 10.0 Å². The van der Waals surface area contributed by atoms with Crippen molar-refractivity contribution in [1.29, 1.82) is 10.5 Å². The molecule has 1 aromatic heterocycles. The van der Waals surface area contributed by atoms with Crippen molar-refractivity contribution in [3.05, 3.63) is 88.2 Å². The molecule has 1 unspecified atom stereocenters. The van der Waals surface area contributed by atoms with E-state index < -0.39 is 15.9 Å². The molecule has 0 bridgehead atoms.